The van der Waals surface area contributed by atoms with Gasteiger partial charge in [-0.25, -0.2) is 19.2 Å². The first-order valence-corrected chi connectivity index (χ1v) is 13.4. The summed E-state index contributed by atoms with van der Waals surface area (Å²) in [7, 11) is -3.38. The molecule has 0 aliphatic carbocycles. The van der Waals surface area contributed by atoms with Gasteiger partial charge in [0.2, 0.25) is 0 Å². The van der Waals surface area contributed by atoms with Gasteiger partial charge >= 0.3 is 6.09 Å². The SMILES string of the molecule is Cc1cc(C#N)cnc1C(=O)Nc1ccc(F)c([C@@]2(C)N=C(NC(=O)O)C(C)(C)[SH]3(=O)NCCC[C@H]23)n1. The number of carboxylic acid groups (broad SMARTS) is 1. The van der Waals surface area contributed by atoms with Gasteiger partial charge in [-0.05, 0) is 74.4 Å². The molecule has 0 bridgehead atoms. The Bertz CT molecular complexity index is 1420. The molecule has 2 atom stereocenters. The third-order valence-electron chi connectivity index (χ3n) is 7.06. The Morgan fingerprint density at radius 1 is 1.30 bits per heavy atom. The van der Waals surface area contributed by atoms with E-state index in [4.69, 9.17) is 5.26 Å². The topological polar surface area (TPSA) is 169 Å². The lowest BCUT2D eigenvalue weighted by molar-refractivity contribution is 0.102. The van der Waals surface area contributed by atoms with Crippen molar-refractivity contribution in [1.29, 1.82) is 5.26 Å². The molecule has 1 fully saturated rings. The standard InChI is InChI=1S/C24H28FN7O4S/c1-13-10-14(11-26)12-27-18(13)20(33)30-17-8-7-15(25)19(29-17)24(4)16-6-5-9-28-37(16,36)23(2,3)21(32-24)31-22(34)35/h7-8,10,12,16,37H,5-6,9H2,1-4H3,(H,28,36)(H,31,32)(H,34,35)(H,29,30,33)/t16-,24+/m1/s1. The van der Waals surface area contributed by atoms with Gasteiger partial charge in [-0.3, -0.25) is 24.0 Å². The van der Waals surface area contributed by atoms with E-state index in [1.807, 2.05) is 6.07 Å². The maximum absolute atomic E-state index is 15.3. The molecule has 4 heterocycles. The fourth-order valence-corrected chi connectivity index (χ4v) is 8.80. The van der Waals surface area contributed by atoms with Gasteiger partial charge < -0.3 is 10.4 Å². The van der Waals surface area contributed by atoms with Crippen LogP contribution in [-0.2, 0) is 15.7 Å². The number of amides is 2. The number of aromatic nitrogens is 2. The summed E-state index contributed by atoms with van der Waals surface area (Å²) in [6, 6.07) is 5.89. The van der Waals surface area contributed by atoms with Crippen molar-refractivity contribution in [2.75, 3.05) is 11.9 Å². The number of thiol groups is 1. The highest BCUT2D eigenvalue weighted by atomic mass is 32.3. The number of hydrogen-bond donors (Lipinski definition) is 5. The van der Waals surface area contributed by atoms with Crippen LogP contribution in [-0.4, -0.2) is 53.7 Å². The summed E-state index contributed by atoms with van der Waals surface area (Å²) in [5.74, 6) is -1.38. The maximum atomic E-state index is 15.3. The zero-order valence-electron chi connectivity index (χ0n) is 20.8. The quantitative estimate of drug-likeness (QED) is 0.380. The number of aryl methyl sites for hydroxylation is 1. The summed E-state index contributed by atoms with van der Waals surface area (Å²) in [5, 5.41) is 22.6. The van der Waals surface area contributed by atoms with Crippen molar-refractivity contribution >= 4 is 33.8 Å². The number of hydrogen-bond acceptors (Lipinski definition) is 7. The number of fused-ring (bicyclic) bond motifs is 1. The van der Waals surface area contributed by atoms with E-state index in [9.17, 15) is 18.9 Å². The summed E-state index contributed by atoms with van der Waals surface area (Å²) in [6.07, 6.45) is 1.02. The molecule has 4 N–H and O–H groups in total. The average molecular weight is 530 g/mol. The second kappa shape index (κ2) is 9.28. The second-order valence-corrected chi connectivity index (χ2v) is 13.2. The minimum absolute atomic E-state index is 0.0135. The number of aliphatic imine (C=N–C) groups is 1. The van der Waals surface area contributed by atoms with Gasteiger partial charge in [-0.2, -0.15) is 5.26 Å². The lowest BCUT2D eigenvalue weighted by Crippen LogP contribution is -2.70. The predicted molar refractivity (Wildman–Crippen MR) is 136 cm³/mol. The number of amidine groups is 1. The minimum Gasteiger partial charge on any atom is -0.465 e. The normalized spacial score (nSPS) is 24.5. The number of halogens is 1. The molecule has 1 saturated heterocycles. The zero-order valence-corrected chi connectivity index (χ0v) is 21.7. The van der Waals surface area contributed by atoms with Crippen LogP contribution in [0.5, 0.6) is 0 Å². The third kappa shape index (κ3) is 4.36. The highest BCUT2D eigenvalue weighted by Gasteiger charge is 2.58. The minimum atomic E-state index is -3.38. The Kier molecular flexibility index (Phi) is 6.60. The van der Waals surface area contributed by atoms with Crippen molar-refractivity contribution in [2.24, 2.45) is 4.99 Å². The molecule has 11 nitrogen and oxygen atoms in total. The van der Waals surface area contributed by atoms with Crippen molar-refractivity contribution in [3.8, 4) is 6.07 Å². The van der Waals surface area contributed by atoms with E-state index in [-0.39, 0.29) is 23.0 Å². The number of nitrogens with zero attached hydrogens (tertiary/aromatic N) is 4. The highest BCUT2D eigenvalue weighted by Crippen LogP contribution is 2.48. The summed E-state index contributed by atoms with van der Waals surface area (Å²) in [5.41, 5.74) is -0.806. The summed E-state index contributed by atoms with van der Waals surface area (Å²) in [6.45, 7) is 6.99. The molecule has 0 radical (unpaired) electrons. The first kappa shape index (κ1) is 26.3. The van der Waals surface area contributed by atoms with Gasteiger partial charge in [0.1, 0.15) is 40.5 Å². The first-order chi connectivity index (χ1) is 17.3. The molecule has 13 heteroatoms. The molecule has 0 spiro atoms. The second-order valence-electron chi connectivity index (χ2n) is 9.80. The van der Waals surface area contributed by atoms with Crippen LogP contribution in [0.2, 0.25) is 0 Å². The largest absolute Gasteiger partial charge is 0.465 e. The fraction of sp³-hybridized carbons (Fsp3) is 0.417. The smallest absolute Gasteiger partial charge is 0.410 e. The summed E-state index contributed by atoms with van der Waals surface area (Å²) in [4.78, 5) is 37.5. The first-order valence-electron chi connectivity index (χ1n) is 11.6. The fourth-order valence-electron chi connectivity index (χ4n) is 5.06. The van der Waals surface area contributed by atoms with Crippen LogP contribution in [0.4, 0.5) is 15.0 Å². The average Bonchev–Trinajstić information content (AvgIpc) is 2.83. The van der Waals surface area contributed by atoms with E-state index < -0.39 is 43.5 Å². The Hall–Kier alpha value is -3.76. The molecule has 2 aromatic rings. The van der Waals surface area contributed by atoms with Gasteiger partial charge in [0, 0.05) is 12.7 Å². The van der Waals surface area contributed by atoms with Crippen molar-refractivity contribution in [3.05, 3.63) is 52.7 Å². The molecular weight excluding hydrogens is 501 g/mol. The van der Waals surface area contributed by atoms with Crippen LogP contribution in [0.1, 0.15) is 60.9 Å². The molecule has 2 aliphatic rings. The zero-order chi connectivity index (χ0) is 27.2. The van der Waals surface area contributed by atoms with E-state index in [2.05, 4.69) is 30.3 Å². The molecule has 4 rings (SSSR count). The Morgan fingerprint density at radius 2 is 2.03 bits per heavy atom. The van der Waals surface area contributed by atoms with Gasteiger partial charge in [-0.1, -0.05) is 0 Å². The van der Waals surface area contributed by atoms with Crippen LogP contribution >= 0.6 is 0 Å². The molecule has 2 amide bonds. The molecule has 0 unspecified atom stereocenters. The third-order valence-corrected chi connectivity index (χ3v) is 11.3. The number of pyridine rings is 2. The van der Waals surface area contributed by atoms with E-state index in [1.54, 1.807) is 27.7 Å². The molecule has 196 valence electrons. The number of rotatable bonds is 3. The van der Waals surface area contributed by atoms with Crippen molar-refractivity contribution in [3.63, 3.8) is 0 Å². The van der Waals surface area contributed by atoms with Crippen LogP contribution in [0.15, 0.2) is 29.4 Å². The number of anilines is 1. The van der Waals surface area contributed by atoms with E-state index in [0.29, 0.717) is 30.5 Å². The van der Waals surface area contributed by atoms with E-state index in [1.165, 1.54) is 18.3 Å². The molecular formula is C24H28FN7O4S. The van der Waals surface area contributed by atoms with Gasteiger partial charge in [0.05, 0.1) is 15.6 Å². The van der Waals surface area contributed by atoms with E-state index >= 15 is 4.39 Å². The number of nitrogens with one attached hydrogen (secondary N) is 3. The molecule has 37 heavy (non-hydrogen) atoms. The Balaban J connectivity index is 1.80. The number of carbonyl (C=O) groups is 2. The van der Waals surface area contributed by atoms with Crippen LogP contribution in [0, 0.1) is 24.1 Å². The van der Waals surface area contributed by atoms with E-state index in [0.717, 1.165) is 6.07 Å². The van der Waals surface area contributed by atoms with Crippen LogP contribution in [0.3, 0.4) is 0 Å². The lowest BCUT2D eigenvalue weighted by atomic mass is 9.88. The molecule has 2 aliphatic heterocycles. The Labute approximate surface area is 214 Å². The van der Waals surface area contributed by atoms with Gasteiger partial charge in [0.15, 0.2) is 0 Å². The molecule has 2 aromatic heterocycles. The predicted octanol–water partition coefficient (Wildman–Crippen LogP) is 2.41. The summed E-state index contributed by atoms with van der Waals surface area (Å²) < 4.78 is 31.7. The molecule has 0 saturated carbocycles. The van der Waals surface area contributed by atoms with Gasteiger partial charge in [0.25, 0.3) is 5.91 Å². The molecule has 0 aromatic carbocycles. The van der Waals surface area contributed by atoms with Crippen molar-refractivity contribution in [1.82, 2.24) is 20.0 Å². The monoisotopic (exact) mass is 529 g/mol. The highest BCUT2D eigenvalue weighted by molar-refractivity contribution is 8.04. The van der Waals surface area contributed by atoms with Gasteiger partial charge in [-0.15, -0.1) is 0 Å². The Morgan fingerprint density at radius 3 is 2.68 bits per heavy atom. The lowest BCUT2D eigenvalue weighted by Gasteiger charge is -2.56. The number of carbonyl (C=O) groups excluding carboxylic acids is 1. The number of nitriles is 1. The maximum Gasteiger partial charge on any atom is 0.410 e. The summed E-state index contributed by atoms with van der Waals surface area (Å²) >= 11 is 0. The van der Waals surface area contributed by atoms with Crippen LogP contribution in [0.25, 0.3) is 0 Å². The van der Waals surface area contributed by atoms with Crippen molar-refractivity contribution < 1.29 is 23.3 Å². The van der Waals surface area contributed by atoms with Crippen LogP contribution < -0.4 is 15.4 Å². The van der Waals surface area contributed by atoms with Crippen molar-refractivity contribution in [2.45, 2.75) is 56.1 Å².